The monoisotopic (exact) mass is 371 g/mol. The lowest BCUT2D eigenvalue weighted by Gasteiger charge is -2.30. The van der Waals surface area contributed by atoms with Crippen molar-refractivity contribution in [1.82, 2.24) is 0 Å². The third-order valence-electron chi connectivity index (χ3n) is 4.09. The predicted molar refractivity (Wildman–Crippen MR) is 103 cm³/mol. The van der Waals surface area contributed by atoms with Gasteiger partial charge in [0.15, 0.2) is 0 Å². The van der Waals surface area contributed by atoms with Crippen LogP contribution in [0.4, 0.5) is 0 Å². The summed E-state index contributed by atoms with van der Waals surface area (Å²) in [4.78, 5) is 0. The van der Waals surface area contributed by atoms with E-state index in [1.54, 1.807) is 13.8 Å². The average molecular weight is 371 g/mol. The van der Waals surface area contributed by atoms with E-state index in [2.05, 4.69) is 20.8 Å². The van der Waals surface area contributed by atoms with Crippen molar-refractivity contribution in [3.8, 4) is 5.75 Å². The van der Waals surface area contributed by atoms with Crippen molar-refractivity contribution in [3.05, 3.63) is 28.8 Å². The summed E-state index contributed by atoms with van der Waals surface area (Å²) in [7, 11) is -3.59. The number of hydrogen-bond donors (Lipinski definition) is 2. The third-order valence-corrected chi connectivity index (χ3v) is 6.29. The molecule has 5 nitrogen and oxygen atoms in total. The molecule has 0 heterocycles. The van der Waals surface area contributed by atoms with Crippen LogP contribution in [0.2, 0.25) is 0 Å². The highest BCUT2D eigenvalue weighted by molar-refractivity contribution is 7.54. The summed E-state index contributed by atoms with van der Waals surface area (Å²) in [5.41, 5.74) is 8.05. The van der Waals surface area contributed by atoms with Gasteiger partial charge in [0.05, 0.1) is 13.2 Å². The molecule has 0 aromatic heterocycles. The lowest BCUT2D eigenvalue weighted by molar-refractivity contribution is 0.211. The molecule has 0 spiro atoms. The highest BCUT2D eigenvalue weighted by Gasteiger charge is 2.37. The van der Waals surface area contributed by atoms with Gasteiger partial charge in [0.2, 0.25) is 0 Å². The lowest BCUT2D eigenvalue weighted by atomic mass is 9.79. The van der Waals surface area contributed by atoms with Crippen LogP contribution in [0.5, 0.6) is 5.75 Å². The number of aromatic hydroxyl groups is 1. The largest absolute Gasteiger partial charge is 0.507 e. The summed E-state index contributed by atoms with van der Waals surface area (Å²) in [5.74, 6) is -0.983. The molecule has 6 heteroatoms. The number of rotatable bonds is 6. The van der Waals surface area contributed by atoms with Gasteiger partial charge in [0.25, 0.3) is 0 Å². The van der Waals surface area contributed by atoms with Crippen molar-refractivity contribution in [2.24, 2.45) is 5.73 Å². The molecule has 0 amide bonds. The SMILES string of the molecule is CCOP(=O)(OCC)[C@H](N)c1cc(C(C)(C)C)cc(C(C)(C)C)c1O. The second kappa shape index (κ2) is 7.79. The Balaban J connectivity index is 3.65. The summed E-state index contributed by atoms with van der Waals surface area (Å²) < 4.78 is 23.9. The maximum absolute atomic E-state index is 13.1. The van der Waals surface area contributed by atoms with Crippen molar-refractivity contribution in [2.45, 2.75) is 72.0 Å². The number of phenols is 1. The van der Waals surface area contributed by atoms with E-state index in [1.807, 2.05) is 32.9 Å². The second-order valence-corrected chi connectivity index (χ2v) is 10.4. The number of hydrogen-bond acceptors (Lipinski definition) is 5. The molecule has 1 aromatic rings. The highest BCUT2D eigenvalue weighted by Crippen LogP contribution is 2.60. The number of nitrogens with two attached hydrogens (primary N) is 1. The van der Waals surface area contributed by atoms with Gasteiger partial charge in [0.1, 0.15) is 11.5 Å². The van der Waals surface area contributed by atoms with Gasteiger partial charge in [0, 0.05) is 5.56 Å². The van der Waals surface area contributed by atoms with E-state index in [0.717, 1.165) is 11.1 Å². The minimum Gasteiger partial charge on any atom is -0.507 e. The molecule has 0 bridgehead atoms. The van der Waals surface area contributed by atoms with Crippen molar-refractivity contribution >= 4 is 7.60 Å². The van der Waals surface area contributed by atoms with Gasteiger partial charge in [-0.2, -0.15) is 0 Å². The van der Waals surface area contributed by atoms with Crippen molar-refractivity contribution in [3.63, 3.8) is 0 Å². The smallest absolute Gasteiger partial charge is 0.351 e. The fourth-order valence-electron chi connectivity index (χ4n) is 2.62. The Morgan fingerprint density at radius 3 is 1.88 bits per heavy atom. The molecule has 0 aliphatic heterocycles. The topological polar surface area (TPSA) is 81.8 Å². The first kappa shape index (κ1) is 22.2. The molecule has 0 aliphatic carbocycles. The molecule has 3 N–H and O–H groups in total. The van der Waals surface area contributed by atoms with Gasteiger partial charge in [-0.15, -0.1) is 0 Å². The molecule has 1 rings (SSSR count). The van der Waals surface area contributed by atoms with Crippen LogP contribution in [0.25, 0.3) is 0 Å². The van der Waals surface area contributed by atoms with E-state index in [9.17, 15) is 9.67 Å². The molecule has 0 fully saturated rings. The van der Waals surface area contributed by atoms with E-state index in [1.165, 1.54) is 0 Å². The van der Waals surface area contributed by atoms with E-state index in [-0.39, 0.29) is 29.8 Å². The molecule has 0 saturated heterocycles. The Morgan fingerprint density at radius 2 is 1.52 bits per heavy atom. The first-order valence-corrected chi connectivity index (χ1v) is 10.4. The summed E-state index contributed by atoms with van der Waals surface area (Å²) in [6.45, 7) is 16.3. The van der Waals surface area contributed by atoms with Gasteiger partial charge in [-0.3, -0.25) is 4.57 Å². The van der Waals surface area contributed by atoms with Crippen LogP contribution in [0.3, 0.4) is 0 Å². The van der Waals surface area contributed by atoms with Crippen LogP contribution in [-0.2, 0) is 24.4 Å². The van der Waals surface area contributed by atoms with Crippen LogP contribution in [0.15, 0.2) is 12.1 Å². The molecule has 0 radical (unpaired) electrons. The van der Waals surface area contributed by atoms with Crippen molar-refractivity contribution < 1.29 is 18.7 Å². The molecule has 0 aliphatic rings. The first-order valence-electron chi connectivity index (χ1n) is 8.80. The Hall–Kier alpha value is -0.870. The Kier molecular flexibility index (Phi) is 6.91. The third kappa shape index (κ3) is 5.07. The number of phenolic OH excluding ortho intramolecular Hbond substituents is 1. The zero-order valence-corrected chi connectivity index (χ0v) is 17.7. The zero-order valence-electron chi connectivity index (χ0n) is 16.8. The van der Waals surface area contributed by atoms with Gasteiger partial charge in [-0.05, 0) is 41.9 Å². The Morgan fingerprint density at radius 1 is 1.04 bits per heavy atom. The standard InChI is InChI=1S/C19H34NO4P/c1-9-23-25(22,24-10-2)17(20)14-11-13(18(3,4)5)12-15(16(14)21)19(6,7)8/h11-12,17,21H,9-10,20H2,1-8H3/t17-/m0/s1. The van der Waals surface area contributed by atoms with Crippen LogP contribution in [0.1, 0.15) is 77.9 Å². The zero-order chi connectivity index (χ0) is 19.6. The molecule has 1 aromatic carbocycles. The average Bonchev–Trinajstić information content (AvgIpc) is 2.44. The molecule has 144 valence electrons. The fourth-order valence-corrected chi connectivity index (χ4v) is 4.27. The van der Waals surface area contributed by atoms with Crippen molar-refractivity contribution in [1.29, 1.82) is 0 Å². The van der Waals surface area contributed by atoms with E-state index >= 15 is 0 Å². The van der Waals surface area contributed by atoms with Gasteiger partial charge < -0.3 is 19.9 Å². The normalized spacial score (nSPS) is 14.6. The Bertz CT molecular complexity index is 634. The molecule has 0 unspecified atom stereocenters. The van der Waals surface area contributed by atoms with Crippen molar-refractivity contribution in [2.75, 3.05) is 13.2 Å². The van der Waals surface area contributed by atoms with E-state index in [4.69, 9.17) is 14.8 Å². The second-order valence-electron chi connectivity index (χ2n) is 8.28. The Labute approximate surface area is 152 Å². The van der Waals surface area contributed by atoms with Crippen LogP contribution in [-0.4, -0.2) is 18.3 Å². The van der Waals surface area contributed by atoms with Crippen LogP contribution >= 0.6 is 7.60 Å². The van der Waals surface area contributed by atoms with Gasteiger partial charge in [-0.25, -0.2) is 0 Å². The summed E-state index contributed by atoms with van der Waals surface area (Å²) in [6, 6.07) is 3.82. The van der Waals surface area contributed by atoms with E-state index in [0.29, 0.717) is 5.56 Å². The van der Waals surface area contributed by atoms with Crippen LogP contribution < -0.4 is 5.73 Å². The molecular formula is C19H34NO4P. The van der Waals surface area contributed by atoms with Crippen LogP contribution in [0, 0.1) is 0 Å². The lowest BCUT2D eigenvalue weighted by Crippen LogP contribution is -2.21. The summed E-state index contributed by atoms with van der Waals surface area (Å²) in [6.07, 6.45) is 0. The molecule has 1 atom stereocenters. The first-order chi connectivity index (χ1) is 11.3. The minimum absolute atomic E-state index is 0.0626. The summed E-state index contributed by atoms with van der Waals surface area (Å²) in [5, 5.41) is 10.9. The highest BCUT2D eigenvalue weighted by atomic mass is 31.2. The van der Waals surface area contributed by atoms with E-state index < -0.39 is 13.4 Å². The molecule has 0 saturated carbocycles. The minimum atomic E-state index is -3.59. The van der Waals surface area contributed by atoms with Gasteiger partial charge in [-0.1, -0.05) is 47.6 Å². The summed E-state index contributed by atoms with van der Waals surface area (Å²) >= 11 is 0. The maximum atomic E-state index is 13.1. The number of benzene rings is 1. The predicted octanol–water partition coefficient (Wildman–Crippen LogP) is 5.21. The fraction of sp³-hybridized carbons (Fsp3) is 0.684. The maximum Gasteiger partial charge on any atom is 0.351 e. The quantitative estimate of drug-likeness (QED) is 0.671. The molecule has 25 heavy (non-hydrogen) atoms. The molecular weight excluding hydrogens is 337 g/mol. The van der Waals surface area contributed by atoms with Gasteiger partial charge >= 0.3 is 7.60 Å².